The average Bonchev–Trinajstić information content (AvgIpc) is 2.48. The molecule has 0 unspecified atom stereocenters. The van der Waals surface area contributed by atoms with E-state index in [4.69, 9.17) is 10.00 Å². The largest absolute Gasteiger partial charge is 0.439 e. The lowest BCUT2D eigenvalue weighted by molar-refractivity contribution is 0.0946. The summed E-state index contributed by atoms with van der Waals surface area (Å²) < 4.78 is 5.63. The predicted molar refractivity (Wildman–Crippen MR) is 71.5 cm³/mol. The number of hydrogen-bond donors (Lipinski definition) is 1. The van der Waals surface area contributed by atoms with Gasteiger partial charge in [-0.25, -0.2) is 4.98 Å². The van der Waals surface area contributed by atoms with Gasteiger partial charge in [0.15, 0.2) is 0 Å². The van der Waals surface area contributed by atoms with Gasteiger partial charge in [0.25, 0.3) is 5.91 Å². The molecule has 1 N–H and O–H groups in total. The number of hydrogen-bond acceptors (Lipinski definition) is 4. The number of carbonyl (C=O) groups excluding carboxylic acids is 1. The molecule has 0 saturated heterocycles. The molecule has 1 aromatic carbocycles. The molecule has 1 aromatic heterocycles. The molecular formula is C15H11N3O2. The van der Waals surface area contributed by atoms with Gasteiger partial charge in [-0.1, -0.05) is 0 Å². The Labute approximate surface area is 115 Å². The van der Waals surface area contributed by atoms with Crippen LogP contribution in [0.15, 0.2) is 36.5 Å². The lowest BCUT2D eigenvalue weighted by atomic mass is 10.0. The number of pyridine rings is 1. The third kappa shape index (κ3) is 2.31. The highest BCUT2D eigenvalue weighted by atomic mass is 16.5. The van der Waals surface area contributed by atoms with E-state index in [-0.39, 0.29) is 5.91 Å². The molecule has 0 aliphatic carbocycles. The summed E-state index contributed by atoms with van der Waals surface area (Å²) in [7, 11) is 0. The molecule has 0 spiro atoms. The van der Waals surface area contributed by atoms with Gasteiger partial charge in [0.05, 0.1) is 5.56 Å². The van der Waals surface area contributed by atoms with Crippen molar-refractivity contribution >= 4 is 5.91 Å². The number of fused-ring (bicyclic) bond motifs is 1. The Morgan fingerprint density at radius 1 is 1.30 bits per heavy atom. The monoisotopic (exact) mass is 265 g/mol. The summed E-state index contributed by atoms with van der Waals surface area (Å²) in [4.78, 5) is 15.7. The highest BCUT2D eigenvalue weighted by Gasteiger charge is 2.16. The highest BCUT2D eigenvalue weighted by molar-refractivity contribution is 5.96. The number of rotatable bonds is 2. The van der Waals surface area contributed by atoms with Crippen LogP contribution in [-0.4, -0.2) is 17.4 Å². The smallest absolute Gasteiger partial charge is 0.251 e. The van der Waals surface area contributed by atoms with Crippen LogP contribution >= 0.6 is 0 Å². The number of aromatic nitrogens is 1. The number of carbonyl (C=O) groups is 1. The van der Waals surface area contributed by atoms with Crippen molar-refractivity contribution < 1.29 is 9.53 Å². The molecule has 1 aliphatic rings. The summed E-state index contributed by atoms with van der Waals surface area (Å²) in [6.45, 7) is 0.643. The second-order valence-electron chi connectivity index (χ2n) is 4.42. The zero-order valence-electron chi connectivity index (χ0n) is 10.6. The summed E-state index contributed by atoms with van der Waals surface area (Å²) in [5.41, 5.74) is 2.15. The topological polar surface area (TPSA) is 75.0 Å². The summed E-state index contributed by atoms with van der Waals surface area (Å²) in [5.74, 6) is 1.01. The quantitative estimate of drug-likeness (QED) is 0.901. The minimum Gasteiger partial charge on any atom is -0.439 e. The molecule has 98 valence electrons. The van der Waals surface area contributed by atoms with Crippen LogP contribution in [0.5, 0.6) is 11.6 Å². The first-order chi connectivity index (χ1) is 9.76. The fourth-order valence-electron chi connectivity index (χ4n) is 2.10. The van der Waals surface area contributed by atoms with Gasteiger partial charge < -0.3 is 10.1 Å². The molecule has 3 rings (SSSR count). The van der Waals surface area contributed by atoms with E-state index in [0.717, 1.165) is 12.0 Å². The number of nitrogens with zero attached hydrogens (tertiary/aromatic N) is 2. The standard InChI is InChI=1S/C15H11N3O2/c16-8-10-1-4-14(18-9-10)20-12-2-3-13-11(7-12)5-6-17-15(13)19/h1-4,7,9H,5-6H2,(H,17,19). The minimum absolute atomic E-state index is 0.0469. The predicted octanol–water partition coefficient (Wildman–Crippen LogP) is 2.03. The maximum atomic E-state index is 11.6. The van der Waals surface area contributed by atoms with Crippen LogP contribution in [0.25, 0.3) is 0 Å². The van der Waals surface area contributed by atoms with E-state index in [1.165, 1.54) is 6.20 Å². The van der Waals surface area contributed by atoms with Crippen LogP contribution in [0.3, 0.4) is 0 Å². The highest BCUT2D eigenvalue weighted by Crippen LogP contribution is 2.24. The fraction of sp³-hybridized carbons (Fsp3) is 0.133. The summed E-state index contributed by atoms with van der Waals surface area (Å²) in [6, 6.07) is 10.6. The fourth-order valence-corrected chi connectivity index (χ4v) is 2.10. The molecule has 0 saturated carbocycles. The van der Waals surface area contributed by atoms with Crippen LogP contribution in [0.1, 0.15) is 21.5 Å². The Morgan fingerprint density at radius 3 is 2.95 bits per heavy atom. The molecule has 2 aromatic rings. The molecule has 0 bridgehead atoms. The van der Waals surface area contributed by atoms with Crippen molar-refractivity contribution in [2.45, 2.75) is 6.42 Å². The average molecular weight is 265 g/mol. The van der Waals surface area contributed by atoms with Crippen molar-refractivity contribution in [2.24, 2.45) is 0 Å². The summed E-state index contributed by atoms with van der Waals surface area (Å²) in [5, 5.41) is 11.5. The number of nitrogens with one attached hydrogen (secondary N) is 1. The molecule has 2 heterocycles. The van der Waals surface area contributed by atoms with Crippen molar-refractivity contribution in [3.63, 3.8) is 0 Å². The number of benzene rings is 1. The van der Waals surface area contributed by atoms with Crippen molar-refractivity contribution in [3.8, 4) is 17.7 Å². The Bertz CT molecular complexity index is 702. The molecule has 5 nitrogen and oxygen atoms in total. The van der Waals surface area contributed by atoms with E-state index < -0.39 is 0 Å². The van der Waals surface area contributed by atoms with Crippen LogP contribution in [0.4, 0.5) is 0 Å². The van der Waals surface area contributed by atoms with Crippen LogP contribution in [0.2, 0.25) is 0 Å². The summed E-state index contributed by atoms with van der Waals surface area (Å²) in [6.07, 6.45) is 2.25. The molecule has 0 atom stereocenters. The van der Waals surface area contributed by atoms with Crippen LogP contribution < -0.4 is 10.1 Å². The normalized spacial score (nSPS) is 13.1. The Kier molecular flexibility index (Phi) is 3.05. The van der Waals surface area contributed by atoms with Crippen molar-refractivity contribution in [2.75, 3.05) is 6.54 Å². The lowest BCUT2D eigenvalue weighted by Gasteiger charge is -2.17. The van der Waals surface area contributed by atoms with Crippen LogP contribution in [0, 0.1) is 11.3 Å². The second kappa shape index (κ2) is 5.02. The Morgan fingerprint density at radius 2 is 2.20 bits per heavy atom. The zero-order valence-corrected chi connectivity index (χ0v) is 10.6. The number of nitriles is 1. The van der Waals surface area contributed by atoms with E-state index in [1.54, 1.807) is 24.3 Å². The van der Waals surface area contributed by atoms with Gasteiger partial charge in [-0.15, -0.1) is 0 Å². The molecule has 1 aliphatic heterocycles. The molecule has 20 heavy (non-hydrogen) atoms. The van der Waals surface area contributed by atoms with Gasteiger partial charge in [0.2, 0.25) is 5.88 Å². The molecule has 0 radical (unpaired) electrons. The minimum atomic E-state index is -0.0469. The first kappa shape index (κ1) is 12.2. The van der Waals surface area contributed by atoms with Crippen molar-refractivity contribution in [3.05, 3.63) is 53.2 Å². The first-order valence-corrected chi connectivity index (χ1v) is 6.21. The maximum Gasteiger partial charge on any atom is 0.251 e. The van der Waals surface area contributed by atoms with E-state index in [0.29, 0.717) is 29.3 Å². The third-order valence-electron chi connectivity index (χ3n) is 3.09. The number of ether oxygens (including phenoxy) is 1. The van der Waals surface area contributed by atoms with E-state index in [1.807, 2.05) is 12.1 Å². The Balaban J connectivity index is 1.84. The maximum absolute atomic E-state index is 11.6. The third-order valence-corrected chi connectivity index (χ3v) is 3.09. The summed E-state index contributed by atoms with van der Waals surface area (Å²) >= 11 is 0. The van der Waals surface area contributed by atoms with Gasteiger partial charge >= 0.3 is 0 Å². The molecular weight excluding hydrogens is 254 g/mol. The molecule has 1 amide bonds. The van der Waals surface area contributed by atoms with Crippen molar-refractivity contribution in [1.82, 2.24) is 10.3 Å². The van der Waals surface area contributed by atoms with Gasteiger partial charge in [-0.3, -0.25) is 4.79 Å². The van der Waals surface area contributed by atoms with Gasteiger partial charge in [0, 0.05) is 24.4 Å². The van der Waals surface area contributed by atoms with Gasteiger partial charge in [0.1, 0.15) is 11.8 Å². The Hall–Kier alpha value is -2.87. The molecule has 0 fully saturated rings. The lowest BCUT2D eigenvalue weighted by Crippen LogP contribution is -2.31. The SMILES string of the molecule is N#Cc1ccc(Oc2ccc3c(c2)CCNC3=O)nc1. The van der Waals surface area contributed by atoms with Crippen LogP contribution in [-0.2, 0) is 6.42 Å². The van der Waals surface area contributed by atoms with Gasteiger partial charge in [-0.2, -0.15) is 5.26 Å². The zero-order chi connectivity index (χ0) is 13.9. The van der Waals surface area contributed by atoms with Gasteiger partial charge in [-0.05, 0) is 36.2 Å². The molecule has 5 heteroatoms. The second-order valence-corrected chi connectivity index (χ2v) is 4.42. The van der Waals surface area contributed by atoms with E-state index >= 15 is 0 Å². The van der Waals surface area contributed by atoms with Crippen molar-refractivity contribution in [1.29, 1.82) is 5.26 Å². The van der Waals surface area contributed by atoms with E-state index in [2.05, 4.69) is 10.3 Å². The first-order valence-electron chi connectivity index (χ1n) is 6.21. The number of amides is 1. The van der Waals surface area contributed by atoms with E-state index in [9.17, 15) is 4.79 Å².